The second-order valence-electron chi connectivity index (χ2n) is 3.50. The molecule has 82 valence electrons. The Morgan fingerprint density at radius 3 is 3.06 bits per heavy atom. The zero-order valence-corrected chi connectivity index (χ0v) is 9.07. The van der Waals surface area contributed by atoms with Crippen molar-refractivity contribution in [3.05, 3.63) is 47.1 Å². The Morgan fingerprint density at radius 2 is 2.25 bits per heavy atom. The number of methoxy groups -OCH3 is 1. The van der Waals surface area contributed by atoms with E-state index in [2.05, 4.69) is 9.72 Å². The zero-order chi connectivity index (χ0) is 11.4. The monoisotopic (exact) mass is 215 g/mol. The molecule has 16 heavy (non-hydrogen) atoms. The van der Waals surface area contributed by atoms with Crippen LogP contribution in [-0.2, 0) is 9.53 Å². The summed E-state index contributed by atoms with van der Waals surface area (Å²) in [6.45, 7) is 0. The van der Waals surface area contributed by atoms with Gasteiger partial charge in [0.25, 0.3) is 0 Å². The average Bonchev–Trinajstić information content (AvgIpc) is 2.71. The smallest absolute Gasteiger partial charge is 0.310 e. The van der Waals surface area contributed by atoms with Gasteiger partial charge < -0.3 is 9.72 Å². The van der Waals surface area contributed by atoms with E-state index in [1.807, 2.05) is 42.6 Å². The van der Waals surface area contributed by atoms with Crippen LogP contribution in [0.4, 0.5) is 0 Å². The summed E-state index contributed by atoms with van der Waals surface area (Å²) >= 11 is 0. The average molecular weight is 215 g/mol. The predicted molar refractivity (Wildman–Crippen MR) is 62.8 cm³/mol. The first-order chi connectivity index (χ1) is 7.81. The molecule has 3 nitrogen and oxygen atoms in total. The van der Waals surface area contributed by atoms with Crippen molar-refractivity contribution in [2.24, 2.45) is 0 Å². The third-order valence-corrected chi connectivity index (χ3v) is 2.46. The number of allylic oxidation sites excluding steroid dienone is 4. The molecule has 1 heterocycles. The van der Waals surface area contributed by atoms with Crippen LogP contribution in [0.5, 0.6) is 0 Å². The Bertz CT molecular complexity index is 561. The van der Waals surface area contributed by atoms with Crippen molar-refractivity contribution in [2.45, 2.75) is 6.42 Å². The van der Waals surface area contributed by atoms with Gasteiger partial charge in [0.1, 0.15) is 0 Å². The lowest BCUT2D eigenvalue weighted by atomic mass is 10.1. The van der Waals surface area contributed by atoms with Gasteiger partial charge in [0.05, 0.1) is 13.5 Å². The number of rotatable bonds is 2. The van der Waals surface area contributed by atoms with Gasteiger partial charge >= 0.3 is 5.97 Å². The summed E-state index contributed by atoms with van der Waals surface area (Å²) < 4.78 is 4.68. The number of aromatic nitrogens is 1. The summed E-state index contributed by atoms with van der Waals surface area (Å²) in [5, 5.41) is 2.06. The van der Waals surface area contributed by atoms with Gasteiger partial charge in [0, 0.05) is 11.5 Å². The highest BCUT2D eigenvalue weighted by Crippen LogP contribution is 2.04. The maximum absolute atomic E-state index is 11.3. The first-order valence-electron chi connectivity index (χ1n) is 5.09. The predicted octanol–water partition coefficient (Wildman–Crippen LogP) is 0.635. The molecule has 0 aromatic carbocycles. The summed E-state index contributed by atoms with van der Waals surface area (Å²) in [7, 11) is 1.40. The second kappa shape index (κ2) is 4.66. The molecule has 0 spiro atoms. The molecule has 0 radical (unpaired) electrons. The van der Waals surface area contributed by atoms with Crippen LogP contribution in [0.3, 0.4) is 0 Å². The van der Waals surface area contributed by atoms with Crippen molar-refractivity contribution in [3.63, 3.8) is 0 Å². The standard InChI is InChI=1S/C13H13NO2/c1-16-12(15)9-11-6-4-2-3-5-10-7-8-14-13(10)11/h2-8,14H,9H2,1H3/b3-2-,4-2?,5-3?,6-4?,10-5-,11-6?,13-11?. The fraction of sp³-hybridized carbons (Fsp3) is 0.154. The van der Waals surface area contributed by atoms with Crippen LogP contribution >= 0.6 is 0 Å². The molecule has 1 aromatic rings. The van der Waals surface area contributed by atoms with Crippen molar-refractivity contribution < 1.29 is 9.53 Å². The third-order valence-electron chi connectivity index (χ3n) is 2.46. The number of ether oxygens (including phenoxy) is 1. The molecular weight excluding hydrogens is 202 g/mol. The number of esters is 1. The molecule has 3 heteroatoms. The number of hydrogen-bond acceptors (Lipinski definition) is 2. The normalized spacial score (nSPS) is 17.8. The molecule has 0 saturated carbocycles. The lowest BCUT2D eigenvalue weighted by molar-refractivity contribution is -0.139. The van der Waals surface area contributed by atoms with E-state index in [-0.39, 0.29) is 12.4 Å². The lowest BCUT2D eigenvalue weighted by Gasteiger charge is -2.00. The van der Waals surface area contributed by atoms with Gasteiger partial charge in [-0.2, -0.15) is 0 Å². The van der Waals surface area contributed by atoms with Gasteiger partial charge in [0.15, 0.2) is 0 Å². The Morgan fingerprint density at radius 1 is 1.38 bits per heavy atom. The molecule has 0 amide bonds. The van der Waals surface area contributed by atoms with Crippen LogP contribution in [-0.4, -0.2) is 18.1 Å². The number of hydrogen-bond donors (Lipinski definition) is 1. The highest BCUT2D eigenvalue weighted by atomic mass is 16.5. The largest absolute Gasteiger partial charge is 0.469 e. The van der Waals surface area contributed by atoms with Crippen LogP contribution in [0.2, 0.25) is 0 Å². The molecule has 1 aliphatic rings. The van der Waals surface area contributed by atoms with Crippen LogP contribution in [0, 0.1) is 0 Å². The SMILES string of the molecule is COC(=O)CC1=c2[nH]cc/c2=C/C=C\C=C1. The number of aromatic amines is 1. The van der Waals surface area contributed by atoms with E-state index in [4.69, 9.17) is 0 Å². The fourth-order valence-electron chi connectivity index (χ4n) is 1.65. The van der Waals surface area contributed by atoms with Crippen molar-refractivity contribution >= 4 is 17.6 Å². The van der Waals surface area contributed by atoms with Crippen LogP contribution in [0.1, 0.15) is 6.42 Å². The molecule has 0 fully saturated rings. The Kier molecular flexibility index (Phi) is 3.05. The number of nitrogens with one attached hydrogen (secondary N) is 1. The van der Waals surface area contributed by atoms with Gasteiger partial charge in [-0.3, -0.25) is 4.79 Å². The Labute approximate surface area is 93.4 Å². The fourth-order valence-corrected chi connectivity index (χ4v) is 1.65. The quantitative estimate of drug-likeness (QED) is 0.735. The summed E-state index contributed by atoms with van der Waals surface area (Å²) in [4.78, 5) is 14.4. The van der Waals surface area contributed by atoms with Crippen molar-refractivity contribution in [3.8, 4) is 0 Å². The van der Waals surface area contributed by atoms with Gasteiger partial charge in [-0.1, -0.05) is 30.4 Å². The minimum atomic E-state index is -0.232. The van der Waals surface area contributed by atoms with E-state index < -0.39 is 0 Å². The van der Waals surface area contributed by atoms with Crippen LogP contribution < -0.4 is 10.6 Å². The maximum atomic E-state index is 11.3. The first kappa shape index (κ1) is 10.5. The maximum Gasteiger partial charge on any atom is 0.310 e. The van der Waals surface area contributed by atoms with Crippen LogP contribution in [0.15, 0.2) is 36.6 Å². The highest BCUT2D eigenvalue weighted by molar-refractivity contribution is 5.82. The molecule has 0 atom stereocenters. The first-order valence-corrected chi connectivity index (χ1v) is 5.09. The molecule has 0 unspecified atom stereocenters. The molecule has 0 bridgehead atoms. The summed E-state index contributed by atoms with van der Waals surface area (Å²) in [6.07, 6.45) is 11.9. The summed E-state index contributed by atoms with van der Waals surface area (Å²) in [5.41, 5.74) is 0.937. The molecule has 1 N–H and O–H groups in total. The van der Waals surface area contributed by atoms with Crippen molar-refractivity contribution in [1.82, 2.24) is 4.98 Å². The van der Waals surface area contributed by atoms with Gasteiger partial charge in [-0.25, -0.2) is 0 Å². The Balaban J connectivity index is 2.55. The van der Waals surface area contributed by atoms with Crippen molar-refractivity contribution in [1.29, 1.82) is 0 Å². The van der Waals surface area contributed by atoms with Gasteiger partial charge in [-0.05, 0) is 16.9 Å². The van der Waals surface area contributed by atoms with Gasteiger partial charge in [-0.15, -0.1) is 0 Å². The van der Waals surface area contributed by atoms with E-state index in [1.165, 1.54) is 7.11 Å². The molecular formula is C13H13NO2. The van der Waals surface area contributed by atoms with E-state index in [9.17, 15) is 4.79 Å². The van der Waals surface area contributed by atoms with E-state index in [0.717, 1.165) is 16.1 Å². The summed E-state index contributed by atoms with van der Waals surface area (Å²) in [6, 6.07) is 1.98. The number of H-pyrrole nitrogens is 1. The van der Waals surface area contributed by atoms with E-state index in [0.29, 0.717) is 0 Å². The Hall–Kier alpha value is -2.03. The topological polar surface area (TPSA) is 42.1 Å². The third kappa shape index (κ3) is 2.14. The minimum Gasteiger partial charge on any atom is -0.469 e. The van der Waals surface area contributed by atoms with Crippen LogP contribution in [0.25, 0.3) is 11.6 Å². The summed E-state index contributed by atoms with van der Waals surface area (Å²) in [5.74, 6) is -0.232. The minimum absolute atomic E-state index is 0.232. The molecule has 1 aromatic heterocycles. The van der Waals surface area contributed by atoms with E-state index >= 15 is 0 Å². The van der Waals surface area contributed by atoms with Gasteiger partial charge in [0.2, 0.25) is 0 Å². The molecule has 1 aliphatic carbocycles. The van der Waals surface area contributed by atoms with Crippen molar-refractivity contribution in [2.75, 3.05) is 7.11 Å². The van der Waals surface area contributed by atoms with E-state index in [1.54, 1.807) is 0 Å². The number of carbonyl (C=O) groups is 1. The lowest BCUT2D eigenvalue weighted by Crippen LogP contribution is -2.26. The number of carbonyl (C=O) groups excluding carboxylic acids is 1. The molecule has 0 aliphatic heterocycles. The second-order valence-corrected chi connectivity index (χ2v) is 3.50. The zero-order valence-electron chi connectivity index (χ0n) is 9.07. The molecule has 2 rings (SSSR count). The highest BCUT2D eigenvalue weighted by Gasteiger charge is 2.05. The number of fused-ring (bicyclic) bond motifs is 1. The molecule has 0 saturated heterocycles.